The van der Waals surface area contributed by atoms with E-state index in [4.69, 9.17) is 33.2 Å². The van der Waals surface area contributed by atoms with E-state index in [2.05, 4.69) is 13.5 Å². The number of aliphatic hydroxyl groups is 3. The van der Waals surface area contributed by atoms with Crippen LogP contribution in [0.15, 0.2) is 36.5 Å². The summed E-state index contributed by atoms with van der Waals surface area (Å²) in [5.74, 6) is -4.29. The van der Waals surface area contributed by atoms with Gasteiger partial charge in [0.15, 0.2) is 12.4 Å². The van der Waals surface area contributed by atoms with E-state index >= 15 is 0 Å². The Morgan fingerprint density at radius 3 is 2.47 bits per heavy atom. The van der Waals surface area contributed by atoms with Gasteiger partial charge in [-0.05, 0) is 43.8 Å². The minimum atomic E-state index is -2.27. The largest absolute Gasteiger partial charge is 0.466 e. The van der Waals surface area contributed by atoms with Crippen molar-refractivity contribution in [1.29, 1.82) is 0 Å². The molecule has 3 aliphatic heterocycles. The van der Waals surface area contributed by atoms with Crippen LogP contribution in [-0.4, -0.2) is 109 Å². The van der Waals surface area contributed by atoms with Crippen LogP contribution in [0.1, 0.15) is 104 Å². The van der Waals surface area contributed by atoms with Gasteiger partial charge >= 0.3 is 17.9 Å². The molecule has 3 N–H and O–H groups in total. The number of aliphatic hydroxyl groups excluding tert-OH is 2. The highest BCUT2D eigenvalue weighted by molar-refractivity contribution is 5.83. The van der Waals surface area contributed by atoms with Crippen molar-refractivity contribution in [3.05, 3.63) is 36.5 Å². The second-order valence-electron chi connectivity index (χ2n) is 14.2. The van der Waals surface area contributed by atoms with Crippen LogP contribution in [0, 0.1) is 5.41 Å². The number of hydrogen-bond donors (Lipinski definition) is 3. The molecule has 3 heterocycles. The van der Waals surface area contributed by atoms with Gasteiger partial charge in [0.1, 0.15) is 6.10 Å². The van der Waals surface area contributed by atoms with E-state index < -0.39 is 66.4 Å². The minimum Gasteiger partial charge on any atom is -0.466 e. The molecule has 2 unspecified atom stereocenters. The fourth-order valence-corrected chi connectivity index (χ4v) is 6.55. The van der Waals surface area contributed by atoms with E-state index in [1.54, 1.807) is 32.1 Å². The van der Waals surface area contributed by atoms with Crippen molar-refractivity contribution in [2.75, 3.05) is 26.9 Å². The first kappa shape index (κ1) is 42.8. The van der Waals surface area contributed by atoms with E-state index in [1.165, 1.54) is 13.2 Å². The van der Waals surface area contributed by atoms with Gasteiger partial charge in [0.2, 0.25) is 5.79 Å². The van der Waals surface area contributed by atoms with Crippen molar-refractivity contribution in [2.45, 2.75) is 153 Å². The van der Waals surface area contributed by atoms with Gasteiger partial charge in [-0.15, -0.1) is 6.58 Å². The van der Waals surface area contributed by atoms with Crippen LogP contribution in [-0.2, 0) is 47.5 Å². The van der Waals surface area contributed by atoms with Gasteiger partial charge in [-0.1, -0.05) is 58.6 Å². The molecule has 3 rings (SSSR count). The third-order valence-electron chi connectivity index (χ3n) is 9.55. The normalized spacial score (nSPS) is 33.1. The molecule has 4 bridgehead atoms. The average Bonchev–Trinajstić information content (AvgIpc) is 3.08. The van der Waals surface area contributed by atoms with Gasteiger partial charge in [0.25, 0.3) is 0 Å². The zero-order chi connectivity index (χ0) is 37.4. The Balaban J connectivity index is 2.04. The maximum absolute atomic E-state index is 13.3. The lowest BCUT2D eigenvalue weighted by Crippen LogP contribution is -2.62. The van der Waals surface area contributed by atoms with Crippen LogP contribution in [0.3, 0.4) is 0 Å². The van der Waals surface area contributed by atoms with Crippen molar-refractivity contribution in [3.8, 4) is 0 Å². The number of ether oxygens (including phenoxy) is 7. The summed E-state index contributed by atoms with van der Waals surface area (Å²) in [6, 6.07) is 0. The molecule has 3 aliphatic rings. The van der Waals surface area contributed by atoms with Crippen molar-refractivity contribution < 1.29 is 62.9 Å². The van der Waals surface area contributed by atoms with Gasteiger partial charge in [0.05, 0.1) is 44.6 Å². The van der Waals surface area contributed by atoms with Gasteiger partial charge < -0.3 is 48.5 Å². The number of carbonyl (C=O) groups is 3. The van der Waals surface area contributed by atoms with Crippen LogP contribution in [0.4, 0.5) is 0 Å². The summed E-state index contributed by atoms with van der Waals surface area (Å²) >= 11 is 0. The Kier molecular flexibility index (Phi) is 17.7. The fraction of sp³-hybridized carbons (Fsp3) is 0.763. The Bertz CT molecular complexity index is 1180. The summed E-state index contributed by atoms with van der Waals surface area (Å²) in [7, 11) is 1.21. The Morgan fingerprint density at radius 2 is 1.76 bits per heavy atom. The number of carbonyl (C=O) groups excluding carboxylic acids is 3. The summed E-state index contributed by atoms with van der Waals surface area (Å²) in [5.41, 5.74) is -1.08. The quantitative estimate of drug-likeness (QED) is 0.0902. The number of esters is 3. The third-order valence-corrected chi connectivity index (χ3v) is 9.55. The third kappa shape index (κ3) is 13.4. The molecular formula is C38H60O13. The number of hydrogen-bond acceptors (Lipinski definition) is 13. The standard InChI is InChI=1S/C38H60O13/c1-6-8-9-10-11-13-32(41)50-36-26(21-33(42)45-5)20-30-24-31(25-39)47-34(43)22-27(40)15-18-46-19-16-29-23-28(12-7-2)48-35(49-29)14-17-37(3,4)38(36,44)51-30/h7,14,17,21,27-31,35-36,39-40,44H,2,6,8-13,15-16,18-20,22-25H2,1,3-5H3/t27-,28+,29?,30+,31?,35+,36+,38-/m1/s1. The second kappa shape index (κ2) is 21.2. The predicted octanol–water partition coefficient (Wildman–Crippen LogP) is 4.35. The summed E-state index contributed by atoms with van der Waals surface area (Å²) in [6.45, 7) is 9.35. The number of fused-ring (bicyclic) bond motifs is 4. The molecular weight excluding hydrogens is 664 g/mol. The lowest BCUT2D eigenvalue weighted by atomic mass is 9.74. The first-order valence-corrected chi connectivity index (χ1v) is 18.4. The minimum absolute atomic E-state index is 0.0145. The Hall–Kier alpha value is -2.65. The lowest BCUT2D eigenvalue weighted by molar-refractivity contribution is -0.327. The van der Waals surface area contributed by atoms with Crippen molar-refractivity contribution in [1.82, 2.24) is 0 Å². The van der Waals surface area contributed by atoms with Gasteiger partial charge in [-0.25, -0.2) is 4.79 Å². The van der Waals surface area contributed by atoms with Crippen LogP contribution < -0.4 is 0 Å². The topological polar surface area (TPSA) is 177 Å². The van der Waals surface area contributed by atoms with E-state index in [0.29, 0.717) is 32.3 Å². The van der Waals surface area contributed by atoms with Crippen molar-refractivity contribution in [2.24, 2.45) is 5.41 Å². The van der Waals surface area contributed by atoms with Crippen LogP contribution in [0.2, 0.25) is 0 Å². The van der Waals surface area contributed by atoms with E-state index in [0.717, 1.165) is 25.7 Å². The fourth-order valence-electron chi connectivity index (χ4n) is 6.55. The van der Waals surface area contributed by atoms with Gasteiger partial charge in [-0.2, -0.15) is 0 Å². The zero-order valence-corrected chi connectivity index (χ0v) is 30.8. The highest BCUT2D eigenvalue weighted by atomic mass is 16.7. The second-order valence-corrected chi connectivity index (χ2v) is 14.2. The lowest BCUT2D eigenvalue weighted by Gasteiger charge is -2.51. The SMILES string of the molecule is C=CC[C@H]1CC2CCOCC[C@@H](O)CC(=O)OC(CO)C[C@@H]3CC(=CC(=O)OC)[C@H](OC(=O)CCCCCCC)[C@@](O)(O3)C(C)(C)C=C[C@H](O2)O1. The molecule has 0 aromatic carbocycles. The van der Waals surface area contributed by atoms with Crippen LogP contribution in [0.25, 0.3) is 0 Å². The molecule has 0 aromatic heterocycles. The molecule has 0 aromatic rings. The molecule has 51 heavy (non-hydrogen) atoms. The number of methoxy groups -OCH3 is 1. The molecule has 8 atom stereocenters. The van der Waals surface area contributed by atoms with E-state index in [9.17, 15) is 29.7 Å². The molecule has 0 saturated carbocycles. The molecule has 0 aliphatic carbocycles. The Labute approximate surface area is 302 Å². The molecule has 2 fully saturated rings. The average molecular weight is 725 g/mol. The van der Waals surface area contributed by atoms with Crippen LogP contribution in [0.5, 0.6) is 0 Å². The van der Waals surface area contributed by atoms with Crippen LogP contribution >= 0.6 is 0 Å². The molecule has 2 saturated heterocycles. The molecule has 0 spiro atoms. The van der Waals surface area contributed by atoms with Gasteiger partial charge in [-0.3, -0.25) is 9.59 Å². The summed E-state index contributed by atoms with van der Waals surface area (Å²) < 4.78 is 41.0. The first-order chi connectivity index (χ1) is 24.3. The van der Waals surface area contributed by atoms with E-state index in [-0.39, 0.29) is 56.5 Å². The van der Waals surface area contributed by atoms with Crippen molar-refractivity contribution >= 4 is 17.9 Å². The van der Waals surface area contributed by atoms with E-state index in [1.807, 2.05) is 0 Å². The summed E-state index contributed by atoms with van der Waals surface area (Å²) in [6.07, 6.45) is 6.85. The highest BCUT2D eigenvalue weighted by Gasteiger charge is 2.57. The summed E-state index contributed by atoms with van der Waals surface area (Å²) in [4.78, 5) is 38.7. The number of unbranched alkanes of at least 4 members (excludes halogenated alkanes) is 4. The number of rotatable bonds is 11. The zero-order valence-electron chi connectivity index (χ0n) is 30.8. The molecule has 0 radical (unpaired) electrons. The molecule has 0 amide bonds. The molecule has 13 heteroatoms. The summed E-state index contributed by atoms with van der Waals surface area (Å²) in [5, 5.41) is 33.3. The Morgan fingerprint density at radius 1 is 1.04 bits per heavy atom. The smallest absolute Gasteiger partial charge is 0.330 e. The predicted molar refractivity (Wildman–Crippen MR) is 186 cm³/mol. The number of cyclic esters (lactones) is 1. The molecule has 13 nitrogen and oxygen atoms in total. The monoisotopic (exact) mass is 724 g/mol. The highest BCUT2D eigenvalue weighted by Crippen LogP contribution is 2.47. The maximum Gasteiger partial charge on any atom is 0.330 e. The first-order valence-electron chi connectivity index (χ1n) is 18.4. The van der Waals surface area contributed by atoms with Crippen molar-refractivity contribution in [3.63, 3.8) is 0 Å². The maximum atomic E-state index is 13.3. The molecule has 290 valence electrons. The van der Waals surface area contributed by atoms with Gasteiger partial charge in [0, 0.05) is 44.0 Å².